The summed E-state index contributed by atoms with van der Waals surface area (Å²) in [4.78, 5) is 2.41. The van der Waals surface area contributed by atoms with E-state index in [1.165, 1.54) is 47.4 Å². The average molecular weight is 311 g/mol. The average Bonchev–Trinajstić information content (AvgIpc) is 3.18. The lowest BCUT2D eigenvalue weighted by Crippen LogP contribution is -2.36. The van der Waals surface area contributed by atoms with Gasteiger partial charge in [-0.1, -0.05) is 12.1 Å². The molecule has 0 spiro atoms. The molecule has 0 amide bonds. The number of anilines is 1. The van der Waals surface area contributed by atoms with E-state index in [0.29, 0.717) is 6.04 Å². The highest BCUT2D eigenvalue weighted by Gasteiger charge is 2.17. The molecule has 0 bridgehead atoms. The number of likely N-dealkylation sites (tertiary alicyclic amines) is 1. The van der Waals surface area contributed by atoms with Crippen LogP contribution in [0, 0.1) is 0 Å². The van der Waals surface area contributed by atoms with E-state index in [2.05, 4.69) is 69.9 Å². The van der Waals surface area contributed by atoms with Gasteiger partial charge in [0.25, 0.3) is 0 Å². The lowest BCUT2D eigenvalue weighted by molar-refractivity contribution is 0.264. The Balaban J connectivity index is 1.65. The minimum absolute atomic E-state index is 0.596. The summed E-state index contributed by atoms with van der Waals surface area (Å²) in [5.74, 6) is 0. The van der Waals surface area contributed by atoms with E-state index in [-0.39, 0.29) is 0 Å². The summed E-state index contributed by atoms with van der Waals surface area (Å²) in [6.45, 7) is 2.37. The Morgan fingerprint density at radius 2 is 1.86 bits per heavy atom. The van der Waals surface area contributed by atoms with Gasteiger partial charge in [0.1, 0.15) is 0 Å². The molecule has 1 fully saturated rings. The molecular weight excluding hydrogens is 290 g/mol. The SMILES string of the molecule is CN1CCC(Nc2cccc3c(-n4cccc4)csc23)CC1. The lowest BCUT2D eigenvalue weighted by Gasteiger charge is -2.30. The van der Waals surface area contributed by atoms with Gasteiger partial charge in [-0.25, -0.2) is 0 Å². The van der Waals surface area contributed by atoms with Gasteiger partial charge < -0.3 is 14.8 Å². The van der Waals surface area contributed by atoms with Gasteiger partial charge in [-0.05, 0) is 51.2 Å². The third-order valence-corrected chi connectivity index (χ3v) is 5.56. The number of nitrogens with zero attached hydrogens (tertiary/aromatic N) is 2. The Hall–Kier alpha value is -1.78. The van der Waals surface area contributed by atoms with Gasteiger partial charge in [0.05, 0.1) is 16.1 Å². The van der Waals surface area contributed by atoms with Crippen molar-refractivity contribution in [3.05, 3.63) is 48.1 Å². The van der Waals surface area contributed by atoms with Gasteiger partial charge >= 0.3 is 0 Å². The van der Waals surface area contributed by atoms with E-state index in [4.69, 9.17) is 0 Å². The summed E-state index contributed by atoms with van der Waals surface area (Å²) < 4.78 is 3.56. The molecule has 1 aliphatic rings. The molecule has 1 N–H and O–H groups in total. The first kappa shape index (κ1) is 13.9. The van der Waals surface area contributed by atoms with Crippen molar-refractivity contribution < 1.29 is 0 Å². The molecule has 3 heterocycles. The van der Waals surface area contributed by atoms with Crippen molar-refractivity contribution in [2.24, 2.45) is 0 Å². The van der Waals surface area contributed by atoms with Gasteiger partial charge in [0, 0.05) is 29.2 Å². The molecule has 2 aromatic heterocycles. The zero-order chi connectivity index (χ0) is 14.9. The van der Waals surface area contributed by atoms with Crippen molar-refractivity contribution in [2.45, 2.75) is 18.9 Å². The summed E-state index contributed by atoms with van der Waals surface area (Å²) in [5.41, 5.74) is 2.56. The second kappa shape index (κ2) is 5.78. The molecule has 0 atom stereocenters. The Bertz CT molecular complexity index is 752. The standard InChI is InChI=1S/C18H21N3S/c1-20-11-7-14(8-12-20)19-16-6-4-5-15-17(13-22-18(15)16)21-9-2-3-10-21/h2-6,9-10,13-14,19H,7-8,11-12H2,1H3. The van der Waals surface area contributed by atoms with E-state index in [1.807, 2.05) is 11.3 Å². The first-order valence-corrected chi connectivity index (χ1v) is 8.78. The van der Waals surface area contributed by atoms with Crippen molar-refractivity contribution >= 4 is 27.1 Å². The number of hydrogen-bond acceptors (Lipinski definition) is 3. The molecule has 3 aromatic rings. The summed E-state index contributed by atoms with van der Waals surface area (Å²) in [6.07, 6.45) is 6.67. The molecule has 4 rings (SSSR count). The van der Waals surface area contributed by atoms with Gasteiger partial charge in [0.2, 0.25) is 0 Å². The van der Waals surface area contributed by atoms with Crippen molar-refractivity contribution in [1.29, 1.82) is 0 Å². The minimum atomic E-state index is 0.596. The highest BCUT2D eigenvalue weighted by atomic mass is 32.1. The maximum atomic E-state index is 3.78. The van der Waals surface area contributed by atoms with Crippen molar-refractivity contribution in [3.63, 3.8) is 0 Å². The summed E-state index contributed by atoms with van der Waals surface area (Å²) in [5, 5.41) is 7.36. The van der Waals surface area contributed by atoms with Crippen LogP contribution < -0.4 is 5.32 Å². The van der Waals surface area contributed by atoms with Gasteiger partial charge in [-0.3, -0.25) is 0 Å². The third-order valence-electron chi connectivity index (χ3n) is 4.54. The van der Waals surface area contributed by atoms with Crippen LogP contribution in [-0.4, -0.2) is 35.6 Å². The number of hydrogen-bond donors (Lipinski definition) is 1. The van der Waals surface area contributed by atoms with E-state index in [1.54, 1.807) is 0 Å². The van der Waals surface area contributed by atoms with Gasteiger partial charge in [-0.2, -0.15) is 0 Å². The Morgan fingerprint density at radius 1 is 1.09 bits per heavy atom. The number of aromatic nitrogens is 1. The number of rotatable bonds is 3. The van der Waals surface area contributed by atoms with Gasteiger partial charge in [0.15, 0.2) is 0 Å². The summed E-state index contributed by atoms with van der Waals surface area (Å²) in [6, 6.07) is 11.4. The fourth-order valence-corrected chi connectivity index (χ4v) is 4.26. The topological polar surface area (TPSA) is 20.2 Å². The summed E-state index contributed by atoms with van der Waals surface area (Å²) >= 11 is 1.83. The maximum Gasteiger partial charge on any atom is 0.0636 e. The van der Waals surface area contributed by atoms with E-state index in [0.717, 1.165) is 0 Å². The van der Waals surface area contributed by atoms with E-state index in [9.17, 15) is 0 Å². The molecule has 1 aromatic carbocycles. The maximum absolute atomic E-state index is 3.78. The molecule has 4 heteroatoms. The highest BCUT2D eigenvalue weighted by molar-refractivity contribution is 7.18. The zero-order valence-electron chi connectivity index (χ0n) is 12.8. The predicted octanol–water partition coefficient (Wildman–Crippen LogP) is 4.20. The molecule has 3 nitrogen and oxygen atoms in total. The molecule has 0 saturated carbocycles. The fourth-order valence-electron chi connectivity index (χ4n) is 3.23. The van der Waals surface area contributed by atoms with Crippen LogP contribution in [0.2, 0.25) is 0 Å². The number of piperidine rings is 1. The second-order valence-electron chi connectivity index (χ2n) is 6.12. The number of nitrogens with one attached hydrogen (secondary N) is 1. The molecule has 0 aliphatic carbocycles. The van der Waals surface area contributed by atoms with Crippen LogP contribution >= 0.6 is 11.3 Å². The third kappa shape index (κ3) is 2.53. The minimum Gasteiger partial charge on any atom is -0.381 e. The fraction of sp³-hybridized carbons (Fsp3) is 0.333. The zero-order valence-corrected chi connectivity index (χ0v) is 13.6. The molecule has 1 saturated heterocycles. The highest BCUT2D eigenvalue weighted by Crippen LogP contribution is 2.35. The van der Waals surface area contributed by atoms with Crippen molar-refractivity contribution in [1.82, 2.24) is 9.47 Å². The van der Waals surface area contributed by atoms with Crippen LogP contribution in [0.15, 0.2) is 48.1 Å². The Kier molecular flexibility index (Phi) is 3.64. The molecule has 0 radical (unpaired) electrons. The first-order chi connectivity index (χ1) is 10.8. The Morgan fingerprint density at radius 3 is 2.64 bits per heavy atom. The van der Waals surface area contributed by atoms with Crippen molar-refractivity contribution in [3.8, 4) is 5.69 Å². The van der Waals surface area contributed by atoms with Gasteiger partial charge in [-0.15, -0.1) is 11.3 Å². The normalized spacial score (nSPS) is 17.1. The first-order valence-electron chi connectivity index (χ1n) is 7.90. The van der Waals surface area contributed by atoms with Crippen molar-refractivity contribution in [2.75, 3.05) is 25.5 Å². The molecule has 0 unspecified atom stereocenters. The number of thiophene rings is 1. The largest absolute Gasteiger partial charge is 0.381 e. The lowest BCUT2D eigenvalue weighted by atomic mass is 10.0. The predicted molar refractivity (Wildman–Crippen MR) is 95.3 cm³/mol. The molecule has 114 valence electrons. The smallest absolute Gasteiger partial charge is 0.0636 e. The molecule has 1 aliphatic heterocycles. The summed E-state index contributed by atoms with van der Waals surface area (Å²) in [7, 11) is 2.21. The monoisotopic (exact) mass is 311 g/mol. The second-order valence-corrected chi connectivity index (χ2v) is 7.00. The van der Waals surface area contributed by atoms with Crippen LogP contribution in [-0.2, 0) is 0 Å². The number of benzene rings is 1. The van der Waals surface area contributed by atoms with Crippen LogP contribution in [0.25, 0.3) is 15.8 Å². The van der Waals surface area contributed by atoms with Crippen LogP contribution in [0.1, 0.15) is 12.8 Å². The van der Waals surface area contributed by atoms with Crippen LogP contribution in [0.3, 0.4) is 0 Å². The van der Waals surface area contributed by atoms with Crippen LogP contribution in [0.4, 0.5) is 5.69 Å². The molecule has 22 heavy (non-hydrogen) atoms. The van der Waals surface area contributed by atoms with E-state index < -0.39 is 0 Å². The molecular formula is C18H21N3S. The van der Waals surface area contributed by atoms with Crippen LogP contribution in [0.5, 0.6) is 0 Å². The van der Waals surface area contributed by atoms with E-state index >= 15 is 0 Å². The number of fused-ring (bicyclic) bond motifs is 1. The quantitative estimate of drug-likeness (QED) is 0.782. The Labute approximate surface area is 135 Å².